The fourth-order valence-electron chi connectivity index (χ4n) is 4.21. The standard InChI is InChI=1S/C26H20FN3O3/c27-20-10-3-2-8-18(20)23-19-9-5-7-17-14-15-30(24(17)19)26(33)25(29-23)28-22(32)13-12-16-6-1-4-11-21(16)31/h1-13,25,31H,14-15H2,(H,28,32). The fraction of sp³-hybridized carbons (Fsp3) is 0.115. The highest BCUT2D eigenvalue weighted by atomic mass is 19.1. The highest BCUT2D eigenvalue weighted by molar-refractivity contribution is 6.21. The Balaban J connectivity index is 1.54. The molecule has 0 saturated heterocycles. The lowest BCUT2D eigenvalue weighted by atomic mass is 9.98. The predicted octanol–water partition coefficient (Wildman–Crippen LogP) is 3.43. The number of carbonyl (C=O) groups is 2. The fourth-order valence-corrected chi connectivity index (χ4v) is 4.21. The summed E-state index contributed by atoms with van der Waals surface area (Å²) in [5, 5.41) is 12.5. The van der Waals surface area contributed by atoms with Gasteiger partial charge < -0.3 is 15.3 Å². The molecule has 7 heteroatoms. The second-order valence-electron chi connectivity index (χ2n) is 7.81. The van der Waals surface area contributed by atoms with E-state index < -0.39 is 17.9 Å². The number of phenols is 1. The van der Waals surface area contributed by atoms with Crippen LogP contribution in [0.15, 0.2) is 77.8 Å². The summed E-state index contributed by atoms with van der Waals surface area (Å²) in [6.45, 7) is 0.464. The van der Waals surface area contributed by atoms with Crippen LogP contribution in [-0.4, -0.2) is 35.3 Å². The van der Waals surface area contributed by atoms with E-state index in [1.165, 1.54) is 24.3 Å². The Morgan fingerprint density at radius 3 is 2.64 bits per heavy atom. The number of aliphatic imine (C=N–C) groups is 1. The van der Waals surface area contributed by atoms with Gasteiger partial charge in [0.2, 0.25) is 12.1 Å². The van der Waals surface area contributed by atoms with Gasteiger partial charge in [-0.25, -0.2) is 9.38 Å². The van der Waals surface area contributed by atoms with Gasteiger partial charge >= 0.3 is 0 Å². The summed E-state index contributed by atoms with van der Waals surface area (Å²) in [5.41, 5.74) is 3.40. The Kier molecular flexibility index (Phi) is 5.22. The number of amides is 2. The van der Waals surface area contributed by atoms with Gasteiger partial charge in [-0.05, 0) is 36.3 Å². The molecule has 1 unspecified atom stereocenters. The van der Waals surface area contributed by atoms with Crippen molar-refractivity contribution in [2.45, 2.75) is 12.6 Å². The molecular weight excluding hydrogens is 421 g/mol. The molecule has 0 saturated carbocycles. The van der Waals surface area contributed by atoms with Gasteiger partial charge in [0.05, 0.1) is 11.4 Å². The maximum Gasteiger partial charge on any atom is 0.272 e. The van der Waals surface area contributed by atoms with Crippen LogP contribution < -0.4 is 10.2 Å². The van der Waals surface area contributed by atoms with Crippen LogP contribution in [0.2, 0.25) is 0 Å². The minimum Gasteiger partial charge on any atom is -0.507 e. The molecule has 0 radical (unpaired) electrons. The van der Waals surface area contributed by atoms with Crippen LogP contribution in [0.4, 0.5) is 10.1 Å². The largest absolute Gasteiger partial charge is 0.507 e. The molecule has 0 spiro atoms. The molecule has 3 aromatic carbocycles. The Morgan fingerprint density at radius 2 is 1.82 bits per heavy atom. The topological polar surface area (TPSA) is 82.0 Å². The van der Waals surface area contributed by atoms with Crippen molar-refractivity contribution in [2.75, 3.05) is 11.4 Å². The zero-order valence-corrected chi connectivity index (χ0v) is 17.5. The molecule has 1 atom stereocenters. The van der Waals surface area contributed by atoms with E-state index in [2.05, 4.69) is 10.3 Å². The van der Waals surface area contributed by atoms with Crippen LogP contribution in [0.1, 0.15) is 22.3 Å². The molecule has 33 heavy (non-hydrogen) atoms. The summed E-state index contributed by atoms with van der Waals surface area (Å²) in [7, 11) is 0. The molecule has 5 rings (SSSR count). The number of phenolic OH excluding ortho intramolecular Hbond substituents is 1. The lowest BCUT2D eigenvalue weighted by Gasteiger charge is -2.20. The quantitative estimate of drug-likeness (QED) is 0.609. The Morgan fingerprint density at radius 1 is 1.06 bits per heavy atom. The molecule has 2 heterocycles. The number of nitrogens with zero attached hydrogens (tertiary/aromatic N) is 2. The maximum absolute atomic E-state index is 14.7. The number of benzene rings is 3. The summed E-state index contributed by atoms with van der Waals surface area (Å²) in [4.78, 5) is 32.1. The van der Waals surface area contributed by atoms with Crippen molar-refractivity contribution in [3.63, 3.8) is 0 Å². The minimum absolute atomic E-state index is 0.0343. The van der Waals surface area contributed by atoms with Crippen molar-refractivity contribution < 1.29 is 19.1 Å². The third-order valence-corrected chi connectivity index (χ3v) is 5.77. The van der Waals surface area contributed by atoms with Gasteiger partial charge in [-0.2, -0.15) is 0 Å². The lowest BCUT2D eigenvalue weighted by Crippen LogP contribution is -2.46. The summed E-state index contributed by atoms with van der Waals surface area (Å²) in [6.07, 6.45) is 2.14. The van der Waals surface area contributed by atoms with E-state index in [9.17, 15) is 19.1 Å². The molecule has 2 N–H and O–H groups in total. The molecular formula is C26H20FN3O3. The van der Waals surface area contributed by atoms with Crippen LogP contribution in [0, 0.1) is 5.82 Å². The van der Waals surface area contributed by atoms with Crippen LogP contribution in [-0.2, 0) is 16.0 Å². The number of anilines is 1. The highest BCUT2D eigenvalue weighted by Gasteiger charge is 2.37. The zero-order valence-electron chi connectivity index (χ0n) is 17.5. The highest BCUT2D eigenvalue weighted by Crippen LogP contribution is 2.36. The van der Waals surface area contributed by atoms with Crippen LogP contribution in [0.3, 0.4) is 0 Å². The van der Waals surface area contributed by atoms with Crippen molar-refractivity contribution in [1.29, 1.82) is 0 Å². The van der Waals surface area contributed by atoms with E-state index >= 15 is 0 Å². The number of aromatic hydroxyl groups is 1. The number of rotatable bonds is 4. The molecule has 6 nitrogen and oxygen atoms in total. The van der Waals surface area contributed by atoms with Crippen LogP contribution >= 0.6 is 0 Å². The van der Waals surface area contributed by atoms with E-state index in [0.717, 1.165) is 5.56 Å². The predicted molar refractivity (Wildman–Crippen MR) is 124 cm³/mol. The van der Waals surface area contributed by atoms with Crippen molar-refractivity contribution in [1.82, 2.24) is 5.32 Å². The van der Waals surface area contributed by atoms with Gasteiger partial charge in [-0.1, -0.05) is 48.5 Å². The first-order chi connectivity index (χ1) is 16.0. The van der Waals surface area contributed by atoms with E-state index in [4.69, 9.17) is 0 Å². The summed E-state index contributed by atoms with van der Waals surface area (Å²) >= 11 is 0. The first-order valence-corrected chi connectivity index (χ1v) is 10.6. The second kappa shape index (κ2) is 8.35. The number of nitrogens with one attached hydrogen (secondary N) is 1. The van der Waals surface area contributed by atoms with Crippen molar-refractivity contribution in [3.8, 4) is 5.75 Å². The Labute approximate surface area is 189 Å². The van der Waals surface area contributed by atoms with Gasteiger partial charge in [-0.3, -0.25) is 9.59 Å². The average Bonchev–Trinajstić information content (AvgIpc) is 3.21. The first-order valence-electron chi connectivity index (χ1n) is 10.6. The second-order valence-corrected chi connectivity index (χ2v) is 7.81. The van der Waals surface area contributed by atoms with Crippen molar-refractivity contribution >= 4 is 29.3 Å². The molecule has 2 aliphatic heterocycles. The van der Waals surface area contributed by atoms with E-state index in [0.29, 0.717) is 35.5 Å². The molecule has 0 fully saturated rings. The summed E-state index contributed by atoms with van der Waals surface area (Å²) in [6, 6.07) is 18.5. The molecule has 0 aromatic heterocycles. The Bertz CT molecular complexity index is 1330. The third kappa shape index (κ3) is 3.78. The van der Waals surface area contributed by atoms with Gasteiger partial charge in [0.15, 0.2) is 0 Å². The molecule has 0 aliphatic carbocycles. The average molecular weight is 441 g/mol. The van der Waals surface area contributed by atoms with Crippen molar-refractivity contribution in [2.24, 2.45) is 4.99 Å². The molecule has 0 bridgehead atoms. The van der Waals surface area contributed by atoms with Gasteiger partial charge in [0.25, 0.3) is 5.91 Å². The maximum atomic E-state index is 14.7. The van der Waals surface area contributed by atoms with E-state index in [1.807, 2.05) is 18.2 Å². The van der Waals surface area contributed by atoms with Crippen molar-refractivity contribution in [3.05, 3.63) is 101 Å². The number of hydrogen-bond donors (Lipinski definition) is 2. The first kappa shape index (κ1) is 20.6. The number of halogens is 1. The number of carbonyl (C=O) groups excluding carboxylic acids is 2. The van der Waals surface area contributed by atoms with Gasteiger partial charge in [0.1, 0.15) is 11.6 Å². The SMILES string of the molecule is O=C(C=Cc1ccccc1O)NC1N=C(c2ccccc2F)c2cccc3c2N(CC3)C1=O. The van der Waals surface area contributed by atoms with Gasteiger partial charge in [0, 0.05) is 29.3 Å². The lowest BCUT2D eigenvalue weighted by molar-refractivity contribution is -0.125. The minimum atomic E-state index is -1.22. The molecule has 3 aromatic rings. The summed E-state index contributed by atoms with van der Waals surface area (Å²) < 4.78 is 14.7. The summed E-state index contributed by atoms with van der Waals surface area (Å²) in [5.74, 6) is -1.36. The normalized spacial score (nSPS) is 17.0. The van der Waals surface area contributed by atoms with E-state index in [-0.39, 0.29) is 17.2 Å². The molecule has 164 valence electrons. The van der Waals surface area contributed by atoms with E-state index in [1.54, 1.807) is 41.3 Å². The number of hydrogen-bond acceptors (Lipinski definition) is 4. The van der Waals surface area contributed by atoms with Crippen LogP contribution in [0.5, 0.6) is 5.75 Å². The molecule has 2 aliphatic rings. The Hall–Kier alpha value is -4.26. The molecule has 2 amide bonds. The zero-order chi connectivity index (χ0) is 22.9. The van der Waals surface area contributed by atoms with Gasteiger partial charge in [-0.15, -0.1) is 0 Å². The smallest absolute Gasteiger partial charge is 0.272 e. The van der Waals surface area contributed by atoms with Crippen LogP contribution in [0.25, 0.3) is 6.08 Å². The monoisotopic (exact) mass is 441 g/mol. The third-order valence-electron chi connectivity index (χ3n) is 5.77. The number of para-hydroxylation sites is 2.